The number of nitrogens with zero attached hydrogens (tertiary/aromatic N) is 5. The summed E-state index contributed by atoms with van der Waals surface area (Å²) in [6, 6.07) is 1.47. The van der Waals surface area contributed by atoms with E-state index in [0.29, 0.717) is 49.1 Å². The first-order valence-corrected chi connectivity index (χ1v) is 17.7. The lowest BCUT2D eigenvalue weighted by Gasteiger charge is -2.35. The van der Waals surface area contributed by atoms with Crippen LogP contribution in [0.15, 0.2) is 43.0 Å². The van der Waals surface area contributed by atoms with Gasteiger partial charge in [0.15, 0.2) is 0 Å². The maximum absolute atomic E-state index is 14.1. The largest absolute Gasteiger partial charge is 0.469 e. The minimum atomic E-state index is -4.43. The Balaban J connectivity index is 0.000000672. The molecule has 4 rings (SSSR count). The molecule has 0 saturated heterocycles. The average Bonchev–Trinajstić information content (AvgIpc) is 3.42. The van der Waals surface area contributed by atoms with Crippen LogP contribution < -0.4 is 10.2 Å². The van der Waals surface area contributed by atoms with E-state index in [0.717, 1.165) is 50.2 Å². The highest BCUT2D eigenvalue weighted by Crippen LogP contribution is 2.45. The minimum absolute atomic E-state index is 0.179. The second kappa shape index (κ2) is 21.7. The Morgan fingerprint density at radius 2 is 1.61 bits per heavy atom. The van der Waals surface area contributed by atoms with Gasteiger partial charge in [-0.1, -0.05) is 56.4 Å². The number of alkyl halides is 9. The topological polar surface area (TPSA) is 85.2 Å². The van der Waals surface area contributed by atoms with Crippen molar-refractivity contribution in [1.82, 2.24) is 20.2 Å². The molecule has 1 aromatic carbocycles. The number of aromatic nitrogens is 4. The fourth-order valence-corrected chi connectivity index (χ4v) is 6.33. The standard InChI is InChI=1S/C25H35F3N6O2.C5H5F3.C5H7F3.C2H6/c1-15-12-19-20(29-24-30-32-33(3)31-24)6-5-11-34(23(19)16(2)22(15)25(26,27)28)14-18-9-7-17(8-10-18)13-21(35)36-4;1-3-4(2)5(6,7)8;1-2-3-4-5(6,7)8;1-2/h12,17-18,20H,5-11,13-14H2,1-4H3,(H,29,31);3H,1-2H2;2-3H,4H2,1H3;1-2H3/b;;3-2+;. The highest BCUT2D eigenvalue weighted by Gasteiger charge is 2.39. The molecule has 1 saturated carbocycles. The second-order valence-electron chi connectivity index (χ2n) is 12.8. The normalized spacial score (nSPS) is 18.7. The van der Waals surface area contributed by atoms with E-state index in [1.54, 1.807) is 27.0 Å². The smallest absolute Gasteiger partial charge is 0.416 e. The van der Waals surface area contributed by atoms with Crippen LogP contribution in [0.4, 0.5) is 51.1 Å². The van der Waals surface area contributed by atoms with E-state index in [9.17, 15) is 44.3 Å². The number of anilines is 2. The van der Waals surface area contributed by atoms with E-state index in [2.05, 4.69) is 38.8 Å². The lowest BCUT2D eigenvalue weighted by atomic mass is 9.80. The van der Waals surface area contributed by atoms with Crippen molar-refractivity contribution in [3.05, 3.63) is 65.3 Å². The van der Waals surface area contributed by atoms with E-state index >= 15 is 0 Å². The number of esters is 1. The molecule has 0 spiro atoms. The van der Waals surface area contributed by atoms with Crippen LogP contribution in [-0.4, -0.2) is 58.7 Å². The fourth-order valence-electron chi connectivity index (χ4n) is 6.33. The summed E-state index contributed by atoms with van der Waals surface area (Å²) in [4.78, 5) is 15.2. The molecule has 17 heteroatoms. The van der Waals surface area contributed by atoms with Crippen LogP contribution in [0, 0.1) is 25.7 Å². The molecule has 1 unspecified atom stereocenters. The van der Waals surface area contributed by atoms with Gasteiger partial charge in [-0.15, -0.1) is 5.10 Å². The average molecular weight is 785 g/mol. The Morgan fingerprint density at radius 3 is 2.04 bits per heavy atom. The van der Waals surface area contributed by atoms with Crippen LogP contribution >= 0.6 is 0 Å². The predicted octanol–water partition coefficient (Wildman–Crippen LogP) is 10.8. The molecule has 54 heavy (non-hydrogen) atoms. The van der Waals surface area contributed by atoms with Gasteiger partial charge < -0.3 is 15.0 Å². The zero-order valence-corrected chi connectivity index (χ0v) is 32.0. The van der Waals surface area contributed by atoms with E-state index in [1.807, 2.05) is 13.8 Å². The number of hydrogen-bond donors (Lipinski definition) is 1. The predicted molar refractivity (Wildman–Crippen MR) is 192 cm³/mol. The molecule has 1 aromatic heterocycles. The summed E-state index contributed by atoms with van der Waals surface area (Å²) < 4.78 is 114. The molecule has 2 aliphatic rings. The van der Waals surface area contributed by atoms with Gasteiger partial charge in [0.1, 0.15) is 0 Å². The van der Waals surface area contributed by atoms with Crippen molar-refractivity contribution < 1.29 is 49.0 Å². The summed E-state index contributed by atoms with van der Waals surface area (Å²) in [7, 11) is 3.08. The van der Waals surface area contributed by atoms with Crippen molar-refractivity contribution in [3.63, 3.8) is 0 Å². The van der Waals surface area contributed by atoms with Crippen LogP contribution in [0.3, 0.4) is 0 Å². The molecule has 0 bridgehead atoms. The number of carbonyl (C=O) groups excluding carboxylic acids is 1. The second-order valence-corrected chi connectivity index (χ2v) is 12.8. The molecule has 1 fully saturated rings. The third-order valence-electron chi connectivity index (χ3n) is 8.80. The number of halogens is 9. The Kier molecular flexibility index (Phi) is 19.3. The molecule has 2 heterocycles. The van der Waals surface area contributed by atoms with E-state index in [4.69, 9.17) is 4.74 Å². The summed E-state index contributed by atoms with van der Waals surface area (Å²) in [5.41, 5.74) is 0.565. The number of aryl methyl sites for hydroxylation is 2. The van der Waals surface area contributed by atoms with Gasteiger partial charge in [0.2, 0.25) is 0 Å². The van der Waals surface area contributed by atoms with Crippen molar-refractivity contribution >= 4 is 17.6 Å². The maximum atomic E-state index is 14.1. The van der Waals surface area contributed by atoms with Gasteiger partial charge >= 0.3 is 24.5 Å². The van der Waals surface area contributed by atoms with Crippen molar-refractivity contribution in [2.24, 2.45) is 18.9 Å². The SMILES string of the molecule is C/C=C/CC(F)(F)F.C=CC(=C)C(F)(F)F.CC.COC(=O)CC1CCC(CN2CCCC(Nc3nnn(C)n3)c3cc(C)c(C(F)(F)F)c(C)c32)CC1. The molecule has 2 aromatic rings. The molecule has 1 aliphatic carbocycles. The third-order valence-corrected chi connectivity index (χ3v) is 8.80. The Hall–Kier alpha value is -4.05. The number of hydrogen-bond acceptors (Lipinski definition) is 7. The van der Waals surface area contributed by atoms with Gasteiger partial charge in [-0.2, -0.15) is 44.3 Å². The molecule has 306 valence electrons. The summed E-state index contributed by atoms with van der Waals surface area (Å²) in [5.74, 6) is 0.870. The minimum Gasteiger partial charge on any atom is -0.469 e. The number of methoxy groups -OCH3 is 1. The molecule has 1 N–H and O–H groups in total. The number of nitrogens with one attached hydrogen (secondary N) is 1. The third kappa shape index (κ3) is 15.7. The Bertz CT molecular complexity index is 1510. The molecular weight excluding hydrogens is 731 g/mol. The summed E-state index contributed by atoms with van der Waals surface area (Å²) in [5, 5.41) is 15.4. The molecule has 0 radical (unpaired) electrons. The van der Waals surface area contributed by atoms with Gasteiger partial charge in [-0.05, 0) is 93.0 Å². The number of benzene rings is 1. The lowest BCUT2D eigenvalue weighted by molar-refractivity contribution is -0.142. The van der Waals surface area contributed by atoms with Crippen LogP contribution in [0.5, 0.6) is 0 Å². The van der Waals surface area contributed by atoms with Gasteiger partial charge in [-0.3, -0.25) is 4.79 Å². The fraction of sp³-hybridized carbons (Fsp3) is 0.622. The van der Waals surface area contributed by atoms with Crippen molar-refractivity contribution in [1.29, 1.82) is 0 Å². The maximum Gasteiger partial charge on any atom is 0.416 e. The molecule has 1 atom stereocenters. The van der Waals surface area contributed by atoms with Gasteiger partial charge in [-0.25, -0.2) is 0 Å². The summed E-state index contributed by atoms with van der Waals surface area (Å²) >= 11 is 0. The zero-order chi connectivity index (χ0) is 41.4. The number of tetrazole rings is 1. The Morgan fingerprint density at radius 1 is 1.02 bits per heavy atom. The van der Waals surface area contributed by atoms with Gasteiger partial charge in [0.05, 0.1) is 32.2 Å². The van der Waals surface area contributed by atoms with Crippen molar-refractivity contribution in [2.75, 3.05) is 30.4 Å². The number of fused-ring (bicyclic) bond motifs is 1. The van der Waals surface area contributed by atoms with E-state index in [1.165, 1.54) is 24.9 Å². The number of carbonyl (C=O) groups is 1. The Labute approximate surface area is 311 Å². The van der Waals surface area contributed by atoms with Crippen LogP contribution in [0.2, 0.25) is 0 Å². The number of rotatable bonds is 8. The lowest BCUT2D eigenvalue weighted by Crippen LogP contribution is -2.33. The molecule has 1 aliphatic heterocycles. The van der Waals surface area contributed by atoms with Crippen LogP contribution in [0.1, 0.15) is 100 Å². The molecule has 8 nitrogen and oxygen atoms in total. The zero-order valence-electron chi connectivity index (χ0n) is 32.0. The molecular formula is C37H53F9N6O2. The van der Waals surface area contributed by atoms with Crippen molar-refractivity contribution in [2.45, 2.75) is 111 Å². The number of allylic oxidation sites excluding steroid dienone is 4. The van der Waals surface area contributed by atoms with Gasteiger partial charge in [0, 0.05) is 30.8 Å². The van der Waals surface area contributed by atoms with Crippen LogP contribution in [0.25, 0.3) is 0 Å². The number of ether oxygens (including phenoxy) is 1. The highest BCUT2D eigenvalue weighted by molar-refractivity contribution is 5.69. The van der Waals surface area contributed by atoms with E-state index in [-0.39, 0.29) is 23.1 Å². The van der Waals surface area contributed by atoms with Crippen LogP contribution in [-0.2, 0) is 22.8 Å². The van der Waals surface area contributed by atoms with Gasteiger partial charge in [0.25, 0.3) is 5.95 Å². The first kappa shape index (κ1) is 48.0. The first-order valence-electron chi connectivity index (χ1n) is 17.7. The quantitative estimate of drug-likeness (QED) is 0.123. The monoisotopic (exact) mass is 784 g/mol. The highest BCUT2D eigenvalue weighted by atomic mass is 19.4. The summed E-state index contributed by atoms with van der Waals surface area (Å²) in [6.45, 7) is 15.7. The van der Waals surface area contributed by atoms with E-state index < -0.39 is 36.1 Å². The first-order chi connectivity index (χ1) is 25.1. The molecule has 0 amide bonds. The van der Waals surface area contributed by atoms with Crippen molar-refractivity contribution in [3.8, 4) is 0 Å². The summed E-state index contributed by atoms with van der Waals surface area (Å²) in [6.07, 6.45) is -4.65.